The number of amides is 1. The summed E-state index contributed by atoms with van der Waals surface area (Å²) in [6.07, 6.45) is 3.49. The monoisotopic (exact) mass is 182 g/mol. The van der Waals surface area contributed by atoms with Crippen LogP contribution in [0.25, 0.3) is 0 Å². The summed E-state index contributed by atoms with van der Waals surface area (Å²) in [7, 11) is 0. The van der Waals surface area contributed by atoms with Crippen molar-refractivity contribution in [2.24, 2.45) is 0 Å². The fourth-order valence-corrected chi connectivity index (χ4v) is 2.37. The highest BCUT2D eigenvalue weighted by Gasteiger charge is 2.48. The van der Waals surface area contributed by atoms with Gasteiger partial charge in [0.25, 0.3) is 0 Å². The number of hydrogen-bond acceptors (Lipinski definition) is 3. The van der Waals surface area contributed by atoms with E-state index in [9.17, 15) is 4.79 Å². The van der Waals surface area contributed by atoms with E-state index in [4.69, 9.17) is 4.74 Å². The van der Waals surface area contributed by atoms with Crippen LogP contribution in [0.2, 0.25) is 0 Å². The quantitative estimate of drug-likeness (QED) is 0.635. The minimum Gasteiger partial charge on any atom is -0.447 e. The summed E-state index contributed by atoms with van der Waals surface area (Å²) in [6.45, 7) is 2.67. The molecule has 0 aromatic carbocycles. The minimum atomic E-state index is -0.238. The minimum absolute atomic E-state index is 0.0420. The van der Waals surface area contributed by atoms with E-state index in [2.05, 4.69) is 10.2 Å². The van der Waals surface area contributed by atoms with Crippen molar-refractivity contribution in [1.29, 1.82) is 0 Å². The van der Waals surface area contributed by atoms with Gasteiger partial charge in [-0.1, -0.05) is 0 Å². The zero-order valence-corrected chi connectivity index (χ0v) is 7.58. The molecule has 4 heteroatoms. The third kappa shape index (κ3) is 1.20. The number of hydrogen-bond donors (Lipinski definition) is 1. The first kappa shape index (κ1) is 7.62. The number of rotatable bonds is 1. The molecule has 13 heavy (non-hydrogen) atoms. The van der Waals surface area contributed by atoms with E-state index < -0.39 is 0 Å². The Bertz CT molecular complexity index is 252. The number of nitrogens with one attached hydrogen (secondary N) is 1. The molecule has 1 spiro atoms. The Morgan fingerprint density at radius 3 is 3.00 bits per heavy atom. The van der Waals surface area contributed by atoms with Gasteiger partial charge in [0, 0.05) is 19.1 Å². The van der Waals surface area contributed by atoms with Gasteiger partial charge in [0.15, 0.2) is 0 Å². The Hall–Kier alpha value is -0.770. The van der Waals surface area contributed by atoms with Gasteiger partial charge in [-0.2, -0.15) is 0 Å². The summed E-state index contributed by atoms with van der Waals surface area (Å²) in [4.78, 5) is 13.4. The van der Waals surface area contributed by atoms with Crippen LogP contribution in [0.4, 0.5) is 4.79 Å². The number of ether oxygens (including phenoxy) is 1. The van der Waals surface area contributed by atoms with E-state index in [1.807, 2.05) is 0 Å². The summed E-state index contributed by atoms with van der Waals surface area (Å²) < 4.78 is 4.96. The lowest BCUT2D eigenvalue weighted by molar-refractivity contribution is 0.172. The zero-order valence-electron chi connectivity index (χ0n) is 7.58. The number of carbonyl (C=O) groups is 1. The number of likely N-dealkylation sites (tertiary alicyclic amines) is 1. The van der Waals surface area contributed by atoms with Crippen molar-refractivity contribution in [1.82, 2.24) is 10.2 Å². The number of carbonyl (C=O) groups excluding carboxylic acids is 1. The second kappa shape index (κ2) is 2.38. The van der Waals surface area contributed by atoms with E-state index >= 15 is 0 Å². The van der Waals surface area contributed by atoms with Crippen molar-refractivity contribution in [3.63, 3.8) is 0 Å². The van der Waals surface area contributed by atoms with E-state index in [1.54, 1.807) is 0 Å². The van der Waals surface area contributed by atoms with Gasteiger partial charge in [0.05, 0.1) is 5.54 Å². The SMILES string of the molecule is O=C1NC2(CCN(C3CC3)C2)CO1. The molecule has 3 fully saturated rings. The summed E-state index contributed by atoms with van der Waals surface area (Å²) in [6, 6.07) is 0.803. The zero-order chi connectivity index (χ0) is 8.89. The molecule has 3 rings (SSSR count). The lowest BCUT2D eigenvalue weighted by Gasteiger charge is -2.20. The second-order valence-corrected chi connectivity index (χ2v) is 4.43. The fraction of sp³-hybridized carbons (Fsp3) is 0.889. The topological polar surface area (TPSA) is 41.6 Å². The lowest BCUT2D eigenvalue weighted by atomic mass is 10.0. The molecule has 2 saturated heterocycles. The Labute approximate surface area is 77.2 Å². The van der Waals surface area contributed by atoms with E-state index in [1.165, 1.54) is 12.8 Å². The van der Waals surface area contributed by atoms with Gasteiger partial charge in [0.2, 0.25) is 0 Å². The molecular weight excluding hydrogens is 168 g/mol. The summed E-state index contributed by atoms with van der Waals surface area (Å²) in [5.41, 5.74) is -0.0420. The summed E-state index contributed by atoms with van der Waals surface area (Å²) in [5, 5.41) is 2.94. The van der Waals surface area contributed by atoms with Crippen LogP contribution < -0.4 is 5.32 Å². The second-order valence-electron chi connectivity index (χ2n) is 4.43. The normalized spacial score (nSPS) is 39.5. The summed E-state index contributed by atoms with van der Waals surface area (Å²) >= 11 is 0. The van der Waals surface area contributed by atoms with Crippen LogP contribution in [0.15, 0.2) is 0 Å². The molecule has 2 heterocycles. The van der Waals surface area contributed by atoms with Crippen LogP contribution in [0, 0.1) is 0 Å². The lowest BCUT2D eigenvalue weighted by Crippen LogP contribution is -2.46. The van der Waals surface area contributed by atoms with Crippen molar-refractivity contribution >= 4 is 6.09 Å². The third-order valence-corrected chi connectivity index (χ3v) is 3.29. The molecule has 1 unspecified atom stereocenters. The van der Waals surface area contributed by atoms with Crippen molar-refractivity contribution in [3.8, 4) is 0 Å². The van der Waals surface area contributed by atoms with E-state index in [0.29, 0.717) is 6.61 Å². The van der Waals surface area contributed by atoms with Crippen molar-refractivity contribution in [2.75, 3.05) is 19.7 Å². The van der Waals surface area contributed by atoms with Gasteiger partial charge < -0.3 is 10.1 Å². The first-order valence-corrected chi connectivity index (χ1v) is 4.96. The van der Waals surface area contributed by atoms with Crippen molar-refractivity contribution in [3.05, 3.63) is 0 Å². The standard InChI is InChI=1S/C9H14N2O2/c12-8-10-9(6-13-8)3-4-11(5-9)7-1-2-7/h7H,1-6H2,(H,10,12). The molecule has 4 nitrogen and oxygen atoms in total. The fourth-order valence-electron chi connectivity index (χ4n) is 2.37. The van der Waals surface area contributed by atoms with Crippen LogP contribution in [-0.2, 0) is 4.74 Å². The maximum absolute atomic E-state index is 10.9. The van der Waals surface area contributed by atoms with Crippen LogP contribution in [-0.4, -0.2) is 42.3 Å². The smallest absolute Gasteiger partial charge is 0.407 e. The molecule has 1 amide bonds. The Kier molecular flexibility index (Phi) is 1.39. The average molecular weight is 182 g/mol. The molecule has 2 aliphatic heterocycles. The largest absolute Gasteiger partial charge is 0.447 e. The molecule has 1 saturated carbocycles. The highest BCUT2D eigenvalue weighted by Crippen LogP contribution is 2.34. The maximum atomic E-state index is 10.9. The summed E-state index contributed by atoms with van der Waals surface area (Å²) in [5.74, 6) is 0. The number of alkyl carbamates (subject to hydrolysis) is 1. The van der Waals surface area contributed by atoms with Gasteiger partial charge in [-0.15, -0.1) is 0 Å². The highest BCUT2D eigenvalue weighted by molar-refractivity contribution is 5.70. The predicted octanol–water partition coefficient (Wildman–Crippen LogP) is 0.333. The molecular formula is C9H14N2O2. The first-order chi connectivity index (χ1) is 6.27. The molecule has 1 atom stereocenters. The molecule has 1 N–H and O–H groups in total. The van der Waals surface area contributed by atoms with Crippen LogP contribution in [0.5, 0.6) is 0 Å². The van der Waals surface area contributed by atoms with Gasteiger partial charge in [-0.3, -0.25) is 4.90 Å². The Morgan fingerprint density at radius 2 is 2.38 bits per heavy atom. The molecule has 0 aromatic heterocycles. The third-order valence-electron chi connectivity index (χ3n) is 3.29. The van der Waals surface area contributed by atoms with E-state index in [-0.39, 0.29) is 11.6 Å². The average Bonchev–Trinajstić information content (AvgIpc) is 2.80. The van der Waals surface area contributed by atoms with Gasteiger partial charge in [0.1, 0.15) is 6.61 Å². The van der Waals surface area contributed by atoms with Gasteiger partial charge >= 0.3 is 6.09 Å². The molecule has 72 valence electrons. The van der Waals surface area contributed by atoms with E-state index in [0.717, 1.165) is 25.6 Å². The van der Waals surface area contributed by atoms with Crippen LogP contribution >= 0.6 is 0 Å². The first-order valence-electron chi connectivity index (χ1n) is 4.96. The van der Waals surface area contributed by atoms with Gasteiger partial charge in [-0.25, -0.2) is 4.79 Å². The Morgan fingerprint density at radius 1 is 1.54 bits per heavy atom. The van der Waals surface area contributed by atoms with Gasteiger partial charge in [-0.05, 0) is 19.3 Å². The molecule has 0 aromatic rings. The molecule has 0 bridgehead atoms. The molecule has 1 aliphatic carbocycles. The number of nitrogens with zero attached hydrogens (tertiary/aromatic N) is 1. The Balaban J connectivity index is 1.69. The van der Waals surface area contributed by atoms with Crippen molar-refractivity contribution in [2.45, 2.75) is 30.8 Å². The van der Waals surface area contributed by atoms with Crippen LogP contribution in [0.3, 0.4) is 0 Å². The van der Waals surface area contributed by atoms with Crippen molar-refractivity contribution < 1.29 is 9.53 Å². The predicted molar refractivity (Wildman–Crippen MR) is 46.4 cm³/mol. The maximum Gasteiger partial charge on any atom is 0.407 e. The number of cyclic esters (lactones) is 1. The molecule has 3 aliphatic rings. The van der Waals surface area contributed by atoms with Crippen LogP contribution in [0.1, 0.15) is 19.3 Å². The molecule has 0 radical (unpaired) electrons. The highest BCUT2D eigenvalue weighted by atomic mass is 16.6.